The quantitative estimate of drug-likeness (QED) is 0.484. The van der Waals surface area contributed by atoms with Crippen molar-refractivity contribution in [2.24, 2.45) is 0 Å². The van der Waals surface area contributed by atoms with Gasteiger partial charge in [-0.05, 0) is 30.9 Å². The molecule has 0 spiro atoms. The molecule has 9 heteroatoms. The molecule has 1 aliphatic carbocycles. The Balaban J connectivity index is 2.56. The zero-order valence-corrected chi connectivity index (χ0v) is 11.7. The molecule has 0 aromatic heterocycles. The van der Waals surface area contributed by atoms with Crippen molar-refractivity contribution in [1.82, 2.24) is 0 Å². The third kappa shape index (κ3) is 2.82. The first-order valence-electron chi connectivity index (χ1n) is 5.91. The molecule has 1 aromatic rings. The van der Waals surface area contributed by atoms with Crippen molar-refractivity contribution in [2.75, 3.05) is 7.11 Å². The molecule has 0 unspecified atom stereocenters. The second-order valence-electron chi connectivity index (χ2n) is 4.41. The summed E-state index contributed by atoms with van der Waals surface area (Å²) in [5.41, 5.74) is -4.95. The maximum Gasteiger partial charge on any atom is 0.534 e. The van der Waals surface area contributed by atoms with Crippen molar-refractivity contribution < 1.29 is 35.3 Å². The highest BCUT2D eigenvalue weighted by molar-refractivity contribution is 7.88. The second-order valence-corrected chi connectivity index (χ2v) is 5.95. The third-order valence-electron chi connectivity index (χ3n) is 3.11. The molecule has 5 nitrogen and oxygen atoms in total. The Morgan fingerprint density at radius 1 is 1.24 bits per heavy atom. The van der Waals surface area contributed by atoms with E-state index in [0.717, 1.165) is 7.11 Å². The average Bonchev–Trinajstić information content (AvgIpc) is 2.85. The van der Waals surface area contributed by atoms with E-state index in [1.54, 1.807) is 6.07 Å². The van der Waals surface area contributed by atoms with Gasteiger partial charge in [0, 0.05) is 5.56 Å². The second kappa shape index (κ2) is 5.21. The van der Waals surface area contributed by atoms with Gasteiger partial charge < -0.3 is 8.92 Å². The number of benzene rings is 1. The topological polar surface area (TPSA) is 69.7 Å². The summed E-state index contributed by atoms with van der Waals surface area (Å²) in [6.45, 7) is 0. The van der Waals surface area contributed by atoms with Gasteiger partial charge in [0.25, 0.3) is 0 Å². The molecular formula is C12H11F3O5S. The zero-order valence-electron chi connectivity index (χ0n) is 10.9. The molecule has 1 aromatic carbocycles. The highest BCUT2D eigenvalue weighted by Gasteiger charge is 2.49. The molecule has 0 saturated heterocycles. The lowest BCUT2D eigenvalue weighted by atomic mass is 10.0. The number of rotatable bonds is 3. The lowest BCUT2D eigenvalue weighted by molar-refractivity contribution is -0.0500. The van der Waals surface area contributed by atoms with E-state index < -0.39 is 27.3 Å². The van der Waals surface area contributed by atoms with Gasteiger partial charge in [-0.2, -0.15) is 21.6 Å². The van der Waals surface area contributed by atoms with E-state index in [1.165, 1.54) is 6.07 Å². The van der Waals surface area contributed by atoms with Gasteiger partial charge in [0.05, 0.1) is 7.11 Å². The fraction of sp³-hybridized carbons (Fsp3) is 0.417. The highest BCUT2D eigenvalue weighted by Crippen LogP contribution is 2.37. The van der Waals surface area contributed by atoms with Crippen LogP contribution in [0.15, 0.2) is 12.1 Å². The molecule has 0 atom stereocenters. The van der Waals surface area contributed by atoms with Crippen LogP contribution in [0.25, 0.3) is 0 Å². The van der Waals surface area contributed by atoms with Crippen LogP contribution >= 0.6 is 0 Å². The summed E-state index contributed by atoms with van der Waals surface area (Å²) in [7, 11) is -4.81. The minimum Gasteiger partial charge on any atom is -0.465 e. The van der Waals surface area contributed by atoms with Gasteiger partial charge in [0.1, 0.15) is 5.56 Å². The van der Waals surface area contributed by atoms with E-state index >= 15 is 0 Å². The number of carbonyl (C=O) groups is 1. The van der Waals surface area contributed by atoms with Gasteiger partial charge in [-0.15, -0.1) is 0 Å². The minimum absolute atomic E-state index is 0.297. The number of methoxy groups -OCH3 is 1. The molecule has 0 N–H and O–H groups in total. The van der Waals surface area contributed by atoms with Crippen LogP contribution in [-0.2, 0) is 27.7 Å². The van der Waals surface area contributed by atoms with Crippen molar-refractivity contribution in [2.45, 2.75) is 24.8 Å². The number of esters is 1. The molecule has 1 aliphatic rings. The fourth-order valence-electron chi connectivity index (χ4n) is 2.16. The summed E-state index contributed by atoms with van der Waals surface area (Å²) in [4.78, 5) is 11.6. The summed E-state index contributed by atoms with van der Waals surface area (Å²) in [6.07, 6.45) is 1.56. The summed E-state index contributed by atoms with van der Waals surface area (Å²) in [5.74, 6) is -1.55. The van der Waals surface area contributed by atoms with Crippen molar-refractivity contribution in [3.8, 4) is 5.75 Å². The smallest absolute Gasteiger partial charge is 0.465 e. The summed E-state index contributed by atoms with van der Waals surface area (Å²) in [5, 5.41) is 0. The molecule has 116 valence electrons. The Hall–Kier alpha value is -1.77. The average molecular weight is 324 g/mol. The zero-order chi connectivity index (χ0) is 15.8. The highest BCUT2D eigenvalue weighted by atomic mass is 32.2. The van der Waals surface area contributed by atoms with Crippen LogP contribution in [0.5, 0.6) is 5.75 Å². The molecule has 0 radical (unpaired) electrons. The number of hydrogen-bond acceptors (Lipinski definition) is 5. The predicted molar refractivity (Wildman–Crippen MR) is 65.4 cm³/mol. The Morgan fingerprint density at radius 3 is 2.48 bits per heavy atom. The van der Waals surface area contributed by atoms with Gasteiger partial charge in [0.2, 0.25) is 0 Å². The third-order valence-corrected chi connectivity index (χ3v) is 4.07. The van der Waals surface area contributed by atoms with Crippen molar-refractivity contribution in [1.29, 1.82) is 0 Å². The van der Waals surface area contributed by atoms with Crippen LogP contribution in [0.4, 0.5) is 13.2 Å². The van der Waals surface area contributed by atoms with Gasteiger partial charge in [-0.1, -0.05) is 6.07 Å². The standard InChI is InChI=1S/C12H11F3O5S/c1-19-11(16)9-6-5-7-3-2-4-8(7)10(9)20-21(17,18)12(13,14)15/h5-6H,2-4H2,1H3. The van der Waals surface area contributed by atoms with E-state index in [2.05, 4.69) is 8.92 Å². The number of carbonyl (C=O) groups excluding carboxylic acids is 1. The van der Waals surface area contributed by atoms with Crippen molar-refractivity contribution in [3.05, 3.63) is 28.8 Å². The SMILES string of the molecule is COC(=O)c1ccc2c(c1OS(=O)(=O)C(F)(F)F)CCC2. The van der Waals surface area contributed by atoms with E-state index in [9.17, 15) is 26.4 Å². The van der Waals surface area contributed by atoms with Crippen LogP contribution in [0.1, 0.15) is 27.9 Å². The number of halogens is 3. The number of alkyl halides is 3. The van der Waals surface area contributed by atoms with Crippen molar-refractivity contribution >= 4 is 16.1 Å². The van der Waals surface area contributed by atoms with E-state index in [0.29, 0.717) is 30.4 Å². The van der Waals surface area contributed by atoms with E-state index in [1.807, 2.05) is 0 Å². The lowest BCUT2D eigenvalue weighted by Crippen LogP contribution is -2.29. The minimum atomic E-state index is -5.84. The summed E-state index contributed by atoms with van der Waals surface area (Å²) in [6, 6.07) is 2.76. The van der Waals surface area contributed by atoms with Crippen molar-refractivity contribution in [3.63, 3.8) is 0 Å². The molecule has 0 fully saturated rings. The fourth-order valence-corrected chi connectivity index (χ4v) is 2.66. The lowest BCUT2D eigenvalue weighted by Gasteiger charge is -2.15. The first-order valence-corrected chi connectivity index (χ1v) is 7.32. The van der Waals surface area contributed by atoms with E-state index in [4.69, 9.17) is 0 Å². The Morgan fingerprint density at radius 2 is 1.90 bits per heavy atom. The first kappa shape index (κ1) is 15.6. The molecule has 0 saturated carbocycles. The van der Waals surface area contributed by atoms with Crippen LogP contribution in [0, 0.1) is 0 Å². The van der Waals surface area contributed by atoms with Crippen LogP contribution in [0.2, 0.25) is 0 Å². The number of ether oxygens (including phenoxy) is 1. The Labute approximate surface area is 118 Å². The molecule has 0 bridgehead atoms. The summed E-state index contributed by atoms with van der Waals surface area (Å²) < 4.78 is 68.4. The van der Waals surface area contributed by atoms with Gasteiger partial charge >= 0.3 is 21.6 Å². The van der Waals surface area contributed by atoms with Gasteiger partial charge in [-0.25, -0.2) is 4.79 Å². The maximum atomic E-state index is 12.5. The number of aryl methyl sites for hydroxylation is 1. The number of hydrogen-bond donors (Lipinski definition) is 0. The monoisotopic (exact) mass is 324 g/mol. The molecule has 0 amide bonds. The largest absolute Gasteiger partial charge is 0.534 e. The first-order chi connectivity index (χ1) is 9.67. The predicted octanol–water partition coefficient (Wildman–Crippen LogP) is 2.19. The summed E-state index contributed by atoms with van der Waals surface area (Å²) >= 11 is 0. The molecule has 2 rings (SSSR count). The van der Waals surface area contributed by atoms with Crippen LogP contribution in [-0.4, -0.2) is 27.0 Å². The molecule has 21 heavy (non-hydrogen) atoms. The van der Waals surface area contributed by atoms with Crippen LogP contribution in [0.3, 0.4) is 0 Å². The Bertz CT molecular complexity index is 679. The normalized spacial score (nSPS) is 14.7. The van der Waals surface area contributed by atoms with Gasteiger partial charge in [0.15, 0.2) is 5.75 Å². The molecular weight excluding hydrogens is 313 g/mol. The van der Waals surface area contributed by atoms with Crippen LogP contribution < -0.4 is 4.18 Å². The maximum absolute atomic E-state index is 12.5. The molecule has 0 heterocycles. The van der Waals surface area contributed by atoms with Gasteiger partial charge in [-0.3, -0.25) is 0 Å². The van der Waals surface area contributed by atoms with E-state index in [-0.39, 0.29) is 5.56 Å². The Kier molecular flexibility index (Phi) is 3.87. The number of fused-ring (bicyclic) bond motifs is 1. The molecule has 0 aliphatic heterocycles.